The van der Waals surface area contributed by atoms with Crippen molar-refractivity contribution in [3.63, 3.8) is 0 Å². The number of nitrogens with zero attached hydrogens (tertiary/aromatic N) is 2. The summed E-state index contributed by atoms with van der Waals surface area (Å²) < 4.78 is 12.4. The topological polar surface area (TPSA) is 65.4 Å². The Bertz CT molecular complexity index is 657. The highest BCUT2D eigenvalue weighted by Crippen LogP contribution is 2.32. The number of aryl methyl sites for hydroxylation is 1. The maximum Gasteiger partial charge on any atom is 0.231 e. The summed E-state index contributed by atoms with van der Waals surface area (Å²) in [7, 11) is 1.90. The molecule has 0 atom stereocenters. The second-order valence-electron chi connectivity index (χ2n) is 4.57. The third-order valence-corrected chi connectivity index (χ3v) is 4.09. The molecule has 1 aliphatic heterocycles. The first-order valence-electron chi connectivity index (χ1n) is 6.48. The molecule has 110 valence electrons. The zero-order valence-corrected chi connectivity index (χ0v) is 12.4. The van der Waals surface area contributed by atoms with E-state index in [0.29, 0.717) is 12.3 Å². The van der Waals surface area contributed by atoms with E-state index in [9.17, 15) is 4.79 Å². The summed E-state index contributed by atoms with van der Waals surface area (Å²) in [6.45, 7) is 0.724. The Balaban J connectivity index is 1.48. The number of ether oxygens (including phenoxy) is 2. The summed E-state index contributed by atoms with van der Waals surface area (Å²) in [5.41, 5.74) is 0.981. The summed E-state index contributed by atoms with van der Waals surface area (Å²) in [5, 5.41) is 3.71. The number of imidazole rings is 1. The fourth-order valence-electron chi connectivity index (χ4n) is 1.92. The van der Waals surface area contributed by atoms with Gasteiger partial charge in [-0.25, -0.2) is 4.98 Å². The second-order valence-corrected chi connectivity index (χ2v) is 5.52. The summed E-state index contributed by atoms with van der Waals surface area (Å²) in [4.78, 5) is 16.0. The molecule has 0 fully saturated rings. The normalized spacial score (nSPS) is 12.4. The maximum atomic E-state index is 11.8. The van der Waals surface area contributed by atoms with Crippen LogP contribution < -0.4 is 14.8 Å². The fraction of sp³-hybridized carbons (Fsp3) is 0.286. The van der Waals surface area contributed by atoms with Gasteiger partial charge >= 0.3 is 0 Å². The second kappa shape index (κ2) is 6.09. The van der Waals surface area contributed by atoms with E-state index in [4.69, 9.17) is 9.47 Å². The summed E-state index contributed by atoms with van der Waals surface area (Å²) >= 11 is 1.41. The Kier molecular flexibility index (Phi) is 4.01. The lowest BCUT2D eigenvalue weighted by Crippen LogP contribution is -2.24. The van der Waals surface area contributed by atoms with Gasteiger partial charge in [0.15, 0.2) is 16.7 Å². The molecule has 0 radical (unpaired) electrons. The molecule has 0 aliphatic carbocycles. The Hall–Kier alpha value is -2.15. The van der Waals surface area contributed by atoms with Crippen molar-refractivity contribution in [1.82, 2.24) is 14.9 Å². The van der Waals surface area contributed by atoms with Crippen LogP contribution in [-0.4, -0.2) is 28.0 Å². The number of benzene rings is 1. The predicted octanol–water partition coefficient (Wildman–Crippen LogP) is 1.56. The smallest absolute Gasteiger partial charge is 0.231 e. The van der Waals surface area contributed by atoms with Gasteiger partial charge in [-0.15, -0.1) is 0 Å². The van der Waals surface area contributed by atoms with Gasteiger partial charge in [0.1, 0.15) is 0 Å². The fourth-order valence-corrected chi connectivity index (χ4v) is 2.69. The van der Waals surface area contributed by atoms with Gasteiger partial charge in [-0.05, 0) is 17.7 Å². The summed E-state index contributed by atoms with van der Waals surface area (Å²) in [6, 6.07) is 5.65. The first kappa shape index (κ1) is 13.8. The molecule has 6 nitrogen and oxygen atoms in total. The maximum absolute atomic E-state index is 11.8. The lowest BCUT2D eigenvalue weighted by molar-refractivity contribution is -0.118. The standard InChI is InChI=1S/C14H15N3O3S/c1-17-5-4-15-14(17)21-8-13(18)16-7-10-2-3-11-12(6-10)20-9-19-11/h2-6H,7-9H2,1H3,(H,16,18). The van der Waals surface area contributed by atoms with Gasteiger partial charge in [-0.3, -0.25) is 4.79 Å². The predicted molar refractivity (Wildman–Crippen MR) is 78.3 cm³/mol. The molecule has 0 saturated carbocycles. The highest BCUT2D eigenvalue weighted by Gasteiger charge is 2.13. The molecule has 1 aliphatic rings. The molecule has 2 aromatic rings. The van der Waals surface area contributed by atoms with Crippen LogP contribution in [0.4, 0.5) is 0 Å². The lowest BCUT2D eigenvalue weighted by atomic mass is 10.2. The first-order chi connectivity index (χ1) is 10.2. The average Bonchev–Trinajstić information content (AvgIpc) is 3.11. The van der Waals surface area contributed by atoms with Crippen LogP contribution in [0.25, 0.3) is 0 Å². The van der Waals surface area contributed by atoms with Crippen molar-refractivity contribution >= 4 is 17.7 Å². The summed E-state index contributed by atoms with van der Waals surface area (Å²) in [5.74, 6) is 1.79. The number of aromatic nitrogens is 2. The molecule has 1 amide bonds. The van der Waals surface area contributed by atoms with E-state index >= 15 is 0 Å². The van der Waals surface area contributed by atoms with Crippen molar-refractivity contribution in [3.05, 3.63) is 36.2 Å². The van der Waals surface area contributed by atoms with Gasteiger partial charge < -0.3 is 19.4 Å². The number of carbonyl (C=O) groups excluding carboxylic acids is 1. The molecule has 7 heteroatoms. The molecular weight excluding hydrogens is 290 g/mol. The Labute approximate surface area is 126 Å². The van der Waals surface area contributed by atoms with Crippen molar-refractivity contribution < 1.29 is 14.3 Å². The van der Waals surface area contributed by atoms with Gasteiger partial charge in [-0.2, -0.15) is 0 Å². The van der Waals surface area contributed by atoms with E-state index in [2.05, 4.69) is 10.3 Å². The highest BCUT2D eigenvalue weighted by molar-refractivity contribution is 7.99. The van der Waals surface area contributed by atoms with Crippen LogP contribution in [0.3, 0.4) is 0 Å². The van der Waals surface area contributed by atoms with Crippen molar-refractivity contribution in [2.45, 2.75) is 11.7 Å². The van der Waals surface area contributed by atoms with Crippen LogP contribution in [-0.2, 0) is 18.4 Å². The van der Waals surface area contributed by atoms with Crippen LogP contribution in [0.1, 0.15) is 5.56 Å². The Morgan fingerprint density at radius 1 is 1.43 bits per heavy atom. The Morgan fingerprint density at radius 3 is 3.10 bits per heavy atom. The minimum Gasteiger partial charge on any atom is -0.454 e. The van der Waals surface area contributed by atoms with E-state index in [1.54, 1.807) is 6.20 Å². The first-order valence-corrected chi connectivity index (χ1v) is 7.46. The van der Waals surface area contributed by atoms with Crippen molar-refractivity contribution in [1.29, 1.82) is 0 Å². The number of rotatable bonds is 5. The molecule has 0 saturated heterocycles. The number of hydrogen-bond donors (Lipinski definition) is 1. The molecule has 2 heterocycles. The number of thioether (sulfide) groups is 1. The Morgan fingerprint density at radius 2 is 2.29 bits per heavy atom. The number of carbonyl (C=O) groups is 1. The zero-order chi connectivity index (χ0) is 14.7. The third-order valence-electron chi connectivity index (χ3n) is 3.04. The van der Waals surface area contributed by atoms with E-state index < -0.39 is 0 Å². The minimum absolute atomic E-state index is 0.0272. The largest absolute Gasteiger partial charge is 0.454 e. The SMILES string of the molecule is Cn1ccnc1SCC(=O)NCc1ccc2c(c1)OCO2. The lowest BCUT2D eigenvalue weighted by Gasteiger charge is -2.06. The molecule has 1 N–H and O–H groups in total. The van der Waals surface area contributed by atoms with Crippen LogP contribution in [0, 0.1) is 0 Å². The molecule has 1 aromatic carbocycles. The number of fused-ring (bicyclic) bond motifs is 1. The van der Waals surface area contributed by atoms with Gasteiger partial charge in [0.2, 0.25) is 12.7 Å². The number of hydrogen-bond acceptors (Lipinski definition) is 5. The van der Waals surface area contributed by atoms with Gasteiger partial charge in [0, 0.05) is 26.0 Å². The molecule has 3 rings (SSSR count). The van der Waals surface area contributed by atoms with Crippen molar-refractivity contribution in [3.8, 4) is 11.5 Å². The van der Waals surface area contributed by atoms with Crippen LogP contribution in [0.15, 0.2) is 35.7 Å². The van der Waals surface area contributed by atoms with E-state index in [-0.39, 0.29) is 12.7 Å². The van der Waals surface area contributed by atoms with Crippen molar-refractivity contribution in [2.75, 3.05) is 12.5 Å². The molecule has 0 unspecified atom stereocenters. The quantitative estimate of drug-likeness (QED) is 0.849. The minimum atomic E-state index is -0.0272. The van der Waals surface area contributed by atoms with E-state index in [1.165, 1.54) is 11.8 Å². The van der Waals surface area contributed by atoms with Crippen LogP contribution in [0.5, 0.6) is 11.5 Å². The van der Waals surface area contributed by atoms with Crippen molar-refractivity contribution in [2.24, 2.45) is 7.05 Å². The summed E-state index contributed by atoms with van der Waals surface area (Å²) in [6.07, 6.45) is 3.57. The molecule has 1 aromatic heterocycles. The molecule has 0 bridgehead atoms. The highest BCUT2D eigenvalue weighted by atomic mass is 32.2. The average molecular weight is 305 g/mol. The number of nitrogens with one attached hydrogen (secondary N) is 1. The molecule has 0 spiro atoms. The molecular formula is C14H15N3O3S. The van der Waals surface area contributed by atoms with Gasteiger partial charge in [0.25, 0.3) is 0 Å². The van der Waals surface area contributed by atoms with Crippen LogP contribution in [0.2, 0.25) is 0 Å². The number of amides is 1. The van der Waals surface area contributed by atoms with Gasteiger partial charge in [-0.1, -0.05) is 17.8 Å². The zero-order valence-electron chi connectivity index (χ0n) is 11.5. The van der Waals surface area contributed by atoms with Gasteiger partial charge in [0.05, 0.1) is 5.75 Å². The van der Waals surface area contributed by atoms with E-state index in [1.807, 2.05) is 36.0 Å². The third kappa shape index (κ3) is 3.30. The monoisotopic (exact) mass is 305 g/mol. The van der Waals surface area contributed by atoms with E-state index in [0.717, 1.165) is 22.2 Å². The van der Waals surface area contributed by atoms with Crippen LogP contribution >= 0.6 is 11.8 Å². The molecule has 21 heavy (non-hydrogen) atoms.